The number of nitrogens with one attached hydrogen (secondary N) is 1. The Balaban J connectivity index is 1.41. The van der Waals surface area contributed by atoms with Crippen molar-refractivity contribution in [1.82, 2.24) is 14.9 Å². The van der Waals surface area contributed by atoms with Crippen molar-refractivity contribution in [2.24, 2.45) is 0 Å². The molecule has 2 heterocycles. The van der Waals surface area contributed by atoms with E-state index in [1.807, 2.05) is 22.8 Å². The zero-order chi connectivity index (χ0) is 21.3. The summed E-state index contributed by atoms with van der Waals surface area (Å²) in [6, 6.07) is 11.5. The smallest absolute Gasteiger partial charge is 0.367 e. The number of hydrogen-bond acceptors (Lipinski definition) is 3. The zero-order valence-corrected chi connectivity index (χ0v) is 16.4. The molecule has 9 heteroatoms. The maximum absolute atomic E-state index is 12.7. The van der Waals surface area contributed by atoms with Gasteiger partial charge in [0.15, 0.2) is 0 Å². The highest BCUT2D eigenvalue weighted by molar-refractivity contribution is 6.30. The standard InChI is InChI=1S/C21H17ClF3N3O2/c22-16-3-1-2-14(8-16)18-10-26-19-12-30-17(11-28(18)19)9-27-20(29)13-4-6-15(7-5-13)21(23,24)25/h1-8,10,17H,9,11-12H2,(H,27,29)/t17-/m0/s1. The summed E-state index contributed by atoms with van der Waals surface area (Å²) in [4.78, 5) is 16.7. The Labute approximate surface area is 175 Å². The number of amides is 1. The predicted octanol–water partition coefficient (Wildman–Crippen LogP) is 4.55. The predicted molar refractivity (Wildman–Crippen MR) is 105 cm³/mol. The normalized spacial score (nSPS) is 16.2. The molecular weight excluding hydrogens is 419 g/mol. The van der Waals surface area contributed by atoms with Gasteiger partial charge in [0.2, 0.25) is 0 Å². The van der Waals surface area contributed by atoms with Crippen molar-refractivity contribution in [3.8, 4) is 11.3 Å². The summed E-state index contributed by atoms with van der Waals surface area (Å²) >= 11 is 6.09. The number of fused-ring (bicyclic) bond motifs is 1. The van der Waals surface area contributed by atoms with Gasteiger partial charge in [-0.2, -0.15) is 13.2 Å². The van der Waals surface area contributed by atoms with E-state index in [4.69, 9.17) is 16.3 Å². The fraction of sp³-hybridized carbons (Fsp3) is 0.238. The molecule has 0 fully saturated rings. The van der Waals surface area contributed by atoms with Gasteiger partial charge in [-0.1, -0.05) is 23.7 Å². The monoisotopic (exact) mass is 435 g/mol. The second-order valence-corrected chi connectivity index (χ2v) is 7.34. The first-order valence-electron chi connectivity index (χ1n) is 9.18. The number of imidazole rings is 1. The van der Waals surface area contributed by atoms with Crippen LogP contribution in [-0.4, -0.2) is 28.1 Å². The minimum atomic E-state index is -4.44. The van der Waals surface area contributed by atoms with Crippen molar-refractivity contribution < 1.29 is 22.7 Å². The fourth-order valence-corrected chi connectivity index (χ4v) is 3.49. The number of halogens is 4. The molecule has 1 aromatic heterocycles. The van der Waals surface area contributed by atoms with Gasteiger partial charge in [0, 0.05) is 22.7 Å². The molecule has 0 bridgehead atoms. The molecule has 0 saturated heterocycles. The van der Waals surface area contributed by atoms with Crippen molar-refractivity contribution in [2.45, 2.75) is 25.4 Å². The highest BCUT2D eigenvalue weighted by Crippen LogP contribution is 2.29. The molecule has 1 atom stereocenters. The number of benzene rings is 2. The topological polar surface area (TPSA) is 56.2 Å². The van der Waals surface area contributed by atoms with Crippen molar-refractivity contribution in [3.05, 3.63) is 76.7 Å². The second kappa shape index (κ2) is 8.12. The third kappa shape index (κ3) is 4.34. The first-order chi connectivity index (χ1) is 14.3. The summed E-state index contributed by atoms with van der Waals surface area (Å²) in [5.74, 6) is 0.314. The first kappa shape index (κ1) is 20.4. The molecule has 1 N–H and O–H groups in total. The van der Waals surface area contributed by atoms with Crippen molar-refractivity contribution in [3.63, 3.8) is 0 Å². The molecule has 0 aliphatic carbocycles. The van der Waals surface area contributed by atoms with Crippen LogP contribution in [0.25, 0.3) is 11.3 Å². The van der Waals surface area contributed by atoms with Crippen LogP contribution in [0.15, 0.2) is 54.7 Å². The molecule has 0 saturated carbocycles. The van der Waals surface area contributed by atoms with Gasteiger partial charge in [-0.25, -0.2) is 4.98 Å². The lowest BCUT2D eigenvalue weighted by Crippen LogP contribution is -2.39. The van der Waals surface area contributed by atoms with Crippen LogP contribution in [0.1, 0.15) is 21.7 Å². The summed E-state index contributed by atoms with van der Waals surface area (Å²) in [6.45, 7) is 0.984. The summed E-state index contributed by atoms with van der Waals surface area (Å²) in [6.07, 6.45) is -2.98. The van der Waals surface area contributed by atoms with Crippen LogP contribution in [0.5, 0.6) is 0 Å². The van der Waals surface area contributed by atoms with Crippen molar-refractivity contribution >= 4 is 17.5 Å². The van der Waals surface area contributed by atoms with Crippen LogP contribution in [0, 0.1) is 0 Å². The zero-order valence-electron chi connectivity index (χ0n) is 15.6. The Kier molecular flexibility index (Phi) is 5.53. The van der Waals surface area contributed by atoms with Crippen LogP contribution in [-0.2, 0) is 24.1 Å². The highest BCUT2D eigenvalue weighted by atomic mass is 35.5. The van der Waals surface area contributed by atoms with Crippen LogP contribution >= 0.6 is 11.6 Å². The van der Waals surface area contributed by atoms with Gasteiger partial charge in [-0.05, 0) is 36.4 Å². The largest absolute Gasteiger partial charge is 0.416 e. The minimum Gasteiger partial charge on any atom is -0.367 e. The number of rotatable bonds is 4. The quantitative estimate of drug-likeness (QED) is 0.654. The van der Waals surface area contributed by atoms with E-state index in [1.54, 1.807) is 12.3 Å². The maximum Gasteiger partial charge on any atom is 0.416 e. The first-order valence-corrected chi connectivity index (χ1v) is 9.56. The molecule has 2 aromatic carbocycles. The molecule has 0 unspecified atom stereocenters. The van der Waals surface area contributed by atoms with E-state index in [2.05, 4.69) is 10.3 Å². The maximum atomic E-state index is 12.7. The molecular formula is C21H17ClF3N3O2. The number of carbonyl (C=O) groups is 1. The van der Waals surface area contributed by atoms with Crippen molar-refractivity contribution in [2.75, 3.05) is 6.54 Å². The van der Waals surface area contributed by atoms with Crippen LogP contribution in [0.3, 0.4) is 0 Å². The molecule has 0 spiro atoms. The molecule has 30 heavy (non-hydrogen) atoms. The summed E-state index contributed by atoms with van der Waals surface area (Å²) in [5, 5.41) is 3.34. The van der Waals surface area contributed by atoms with Gasteiger partial charge < -0.3 is 14.6 Å². The Morgan fingerprint density at radius 1 is 1.23 bits per heavy atom. The lowest BCUT2D eigenvalue weighted by molar-refractivity contribution is -0.137. The number of alkyl halides is 3. The van der Waals surface area contributed by atoms with Crippen LogP contribution < -0.4 is 5.32 Å². The summed E-state index contributed by atoms with van der Waals surface area (Å²) in [7, 11) is 0. The second-order valence-electron chi connectivity index (χ2n) is 6.90. The van der Waals surface area contributed by atoms with Gasteiger partial charge >= 0.3 is 6.18 Å². The van der Waals surface area contributed by atoms with Gasteiger partial charge in [0.25, 0.3) is 5.91 Å². The van der Waals surface area contributed by atoms with E-state index >= 15 is 0 Å². The van der Waals surface area contributed by atoms with Gasteiger partial charge in [0.1, 0.15) is 12.4 Å². The Hall–Kier alpha value is -2.84. The molecule has 5 nitrogen and oxygen atoms in total. The molecule has 1 aliphatic rings. The molecule has 3 aromatic rings. The van der Waals surface area contributed by atoms with E-state index < -0.39 is 17.6 Å². The average molecular weight is 436 g/mol. The van der Waals surface area contributed by atoms with Crippen LogP contribution in [0.4, 0.5) is 13.2 Å². The van der Waals surface area contributed by atoms with E-state index in [0.29, 0.717) is 18.2 Å². The number of aromatic nitrogens is 2. The number of hydrogen-bond donors (Lipinski definition) is 1. The van der Waals surface area contributed by atoms with E-state index in [1.165, 1.54) is 0 Å². The van der Waals surface area contributed by atoms with E-state index in [0.717, 1.165) is 41.3 Å². The Morgan fingerprint density at radius 3 is 2.70 bits per heavy atom. The van der Waals surface area contributed by atoms with Crippen LogP contribution in [0.2, 0.25) is 5.02 Å². The van der Waals surface area contributed by atoms with Gasteiger partial charge in [0.05, 0.1) is 30.1 Å². The minimum absolute atomic E-state index is 0.154. The number of ether oxygens (including phenoxy) is 1. The number of nitrogens with zero attached hydrogens (tertiary/aromatic N) is 2. The molecule has 1 amide bonds. The van der Waals surface area contributed by atoms with E-state index in [9.17, 15) is 18.0 Å². The summed E-state index contributed by atoms with van der Waals surface area (Å²) in [5.41, 5.74) is 1.18. The lowest BCUT2D eigenvalue weighted by Gasteiger charge is -2.26. The van der Waals surface area contributed by atoms with Gasteiger partial charge in [-0.15, -0.1) is 0 Å². The Bertz CT molecular complexity index is 1060. The Morgan fingerprint density at radius 2 is 2.00 bits per heavy atom. The molecule has 4 rings (SSSR count). The molecule has 0 radical (unpaired) electrons. The van der Waals surface area contributed by atoms with Crippen molar-refractivity contribution in [1.29, 1.82) is 0 Å². The third-order valence-corrected chi connectivity index (χ3v) is 5.09. The SMILES string of the molecule is O=C(NC[C@H]1Cn2c(-c3cccc(Cl)c3)cnc2CO1)c1ccc(C(F)(F)F)cc1. The fourth-order valence-electron chi connectivity index (χ4n) is 3.30. The highest BCUT2D eigenvalue weighted by Gasteiger charge is 2.30. The molecule has 156 valence electrons. The lowest BCUT2D eigenvalue weighted by atomic mass is 10.1. The summed E-state index contributed by atoms with van der Waals surface area (Å²) < 4.78 is 45.7. The van der Waals surface area contributed by atoms with E-state index in [-0.39, 0.29) is 18.2 Å². The third-order valence-electron chi connectivity index (χ3n) is 4.86. The molecule has 1 aliphatic heterocycles. The average Bonchev–Trinajstić information content (AvgIpc) is 3.15. The van der Waals surface area contributed by atoms with Gasteiger partial charge in [-0.3, -0.25) is 4.79 Å². The number of carbonyl (C=O) groups excluding carboxylic acids is 1.